The number of anilines is 2. The number of para-hydroxylation sites is 1. The fourth-order valence-electron chi connectivity index (χ4n) is 3.08. The third-order valence-electron chi connectivity index (χ3n) is 4.51. The Bertz CT molecular complexity index is 1070. The van der Waals surface area contributed by atoms with Gasteiger partial charge in [-0.3, -0.25) is 9.59 Å². The van der Waals surface area contributed by atoms with Gasteiger partial charge in [0.05, 0.1) is 23.5 Å². The zero-order chi connectivity index (χ0) is 19.7. The number of hydrogen-bond acceptors (Lipinski definition) is 5. The van der Waals surface area contributed by atoms with Gasteiger partial charge in [0.1, 0.15) is 5.76 Å². The van der Waals surface area contributed by atoms with Crippen LogP contribution in [0.5, 0.6) is 5.75 Å². The SMILES string of the molecule is Cc1ccccc1-c1nc(CC(=O)Nc2cccc3c2OCC(=O)N3)c(C)o1. The number of benzene rings is 2. The van der Waals surface area contributed by atoms with Gasteiger partial charge in [-0.2, -0.15) is 0 Å². The molecule has 0 unspecified atom stereocenters. The van der Waals surface area contributed by atoms with E-state index >= 15 is 0 Å². The number of carbonyl (C=O) groups is 2. The zero-order valence-corrected chi connectivity index (χ0v) is 15.5. The van der Waals surface area contributed by atoms with Crippen molar-refractivity contribution in [2.75, 3.05) is 17.2 Å². The van der Waals surface area contributed by atoms with Crippen LogP contribution in [-0.2, 0) is 16.0 Å². The van der Waals surface area contributed by atoms with Crippen LogP contribution in [0.2, 0.25) is 0 Å². The lowest BCUT2D eigenvalue weighted by atomic mass is 10.1. The number of fused-ring (bicyclic) bond motifs is 1. The highest BCUT2D eigenvalue weighted by atomic mass is 16.5. The average Bonchev–Trinajstić information content (AvgIpc) is 3.02. The van der Waals surface area contributed by atoms with Crippen molar-refractivity contribution in [3.63, 3.8) is 0 Å². The summed E-state index contributed by atoms with van der Waals surface area (Å²) in [6.07, 6.45) is 0.0667. The molecule has 0 saturated heterocycles. The van der Waals surface area contributed by atoms with Crippen molar-refractivity contribution >= 4 is 23.2 Å². The molecule has 4 rings (SSSR count). The number of ether oxygens (including phenoxy) is 1. The number of hydrogen-bond donors (Lipinski definition) is 2. The lowest BCUT2D eigenvalue weighted by molar-refractivity contribution is -0.118. The number of rotatable bonds is 4. The maximum Gasteiger partial charge on any atom is 0.262 e. The molecule has 0 radical (unpaired) electrons. The Morgan fingerprint density at radius 2 is 2.00 bits per heavy atom. The molecule has 0 aliphatic carbocycles. The van der Waals surface area contributed by atoms with Crippen LogP contribution in [0.15, 0.2) is 46.9 Å². The van der Waals surface area contributed by atoms with Crippen LogP contribution in [0, 0.1) is 13.8 Å². The Balaban J connectivity index is 1.52. The molecule has 1 aromatic heterocycles. The van der Waals surface area contributed by atoms with Crippen molar-refractivity contribution in [2.45, 2.75) is 20.3 Å². The van der Waals surface area contributed by atoms with E-state index in [0.717, 1.165) is 11.1 Å². The van der Waals surface area contributed by atoms with E-state index in [0.29, 0.717) is 34.5 Å². The van der Waals surface area contributed by atoms with Gasteiger partial charge in [-0.05, 0) is 37.6 Å². The predicted molar refractivity (Wildman–Crippen MR) is 104 cm³/mol. The Morgan fingerprint density at radius 1 is 1.18 bits per heavy atom. The maximum atomic E-state index is 12.6. The third kappa shape index (κ3) is 3.46. The summed E-state index contributed by atoms with van der Waals surface area (Å²) in [5.41, 5.74) is 3.57. The highest BCUT2D eigenvalue weighted by Crippen LogP contribution is 2.35. The third-order valence-corrected chi connectivity index (χ3v) is 4.51. The van der Waals surface area contributed by atoms with Gasteiger partial charge in [0.15, 0.2) is 12.4 Å². The van der Waals surface area contributed by atoms with Crippen LogP contribution in [-0.4, -0.2) is 23.4 Å². The second-order valence-corrected chi connectivity index (χ2v) is 6.58. The Labute approximate surface area is 161 Å². The molecule has 0 saturated carbocycles. The van der Waals surface area contributed by atoms with Crippen LogP contribution in [0.25, 0.3) is 11.5 Å². The molecule has 2 aromatic carbocycles. The molecular formula is C21H19N3O4. The average molecular weight is 377 g/mol. The highest BCUT2D eigenvalue weighted by molar-refractivity contribution is 6.00. The largest absolute Gasteiger partial charge is 0.479 e. The summed E-state index contributed by atoms with van der Waals surface area (Å²) in [6.45, 7) is 3.70. The van der Waals surface area contributed by atoms with Crippen LogP contribution in [0.3, 0.4) is 0 Å². The van der Waals surface area contributed by atoms with E-state index in [2.05, 4.69) is 15.6 Å². The van der Waals surface area contributed by atoms with Crippen molar-refractivity contribution in [3.8, 4) is 17.2 Å². The normalized spacial score (nSPS) is 12.7. The van der Waals surface area contributed by atoms with Crippen molar-refractivity contribution in [2.24, 2.45) is 0 Å². The fourth-order valence-corrected chi connectivity index (χ4v) is 3.08. The second-order valence-electron chi connectivity index (χ2n) is 6.58. The highest BCUT2D eigenvalue weighted by Gasteiger charge is 2.21. The number of aromatic nitrogens is 1. The molecule has 7 nitrogen and oxygen atoms in total. The van der Waals surface area contributed by atoms with Crippen LogP contribution in [0.1, 0.15) is 17.0 Å². The standard InChI is InChI=1S/C21H19N3O4/c1-12-6-3-4-7-14(12)21-24-17(13(2)28-21)10-18(25)22-15-8-5-9-16-20(15)27-11-19(26)23-16/h3-9H,10-11H2,1-2H3,(H,22,25)(H,23,26). The van der Waals surface area contributed by atoms with Gasteiger partial charge < -0.3 is 19.8 Å². The summed E-state index contributed by atoms with van der Waals surface area (Å²) in [6, 6.07) is 13.0. The van der Waals surface area contributed by atoms with E-state index < -0.39 is 0 Å². The molecular weight excluding hydrogens is 358 g/mol. The van der Waals surface area contributed by atoms with Gasteiger partial charge in [-0.25, -0.2) is 4.98 Å². The number of aryl methyl sites for hydroxylation is 2. The molecule has 2 amide bonds. The molecule has 0 bridgehead atoms. The molecule has 1 aliphatic heterocycles. The number of nitrogens with one attached hydrogen (secondary N) is 2. The van der Waals surface area contributed by atoms with E-state index in [9.17, 15) is 9.59 Å². The summed E-state index contributed by atoms with van der Waals surface area (Å²) >= 11 is 0. The van der Waals surface area contributed by atoms with Crippen LogP contribution < -0.4 is 15.4 Å². The topological polar surface area (TPSA) is 93.5 Å². The van der Waals surface area contributed by atoms with Crippen LogP contribution >= 0.6 is 0 Å². The van der Waals surface area contributed by atoms with Crippen molar-refractivity contribution in [1.29, 1.82) is 0 Å². The molecule has 28 heavy (non-hydrogen) atoms. The molecule has 0 spiro atoms. The van der Waals surface area contributed by atoms with Crippen molar-refractivity contribution in [3.05, 3.63) is 59.5 Å². The van der Waals surface area contributed by atoms with E-state index in [1.165, 1.54) is 0 Å². The zero-order valence-electron chi connectivity index (χ0n) is 15.5. The lowest BCUT2D eigenvalue weighted by Crippen LogP contribution is -2.26. The van der Waals surface area contributed by atoms with E-state index in [4.69, 9.17) is 9.15 Å². The fraction of sp³-hybridized carbons (Fsp3) is 0.190. The Hall–Kier alpha value is -3.61. The molecule has 7 heteroatoms. The van der Waals surface area contributed by atoms with Crippen LogP contribution in [0.4, 0.5) is 11.4 Å². The summed E-state index contributed by atoms with van der Waals surface area (Å²) in [7, 11) is 0. The van der Waals surface area contributed by atoms with E-state index in [1.807, 2.05) is 31.2 Å². The molecule has 1 aliphatic rings. The monoisotopic (exact) mass is 377 g/mol. The minimum atomic E-state index is -0.248. The molecule has 3 aromatic rings. The van der Waals surface area contributed by atoms with Gasteiger partial charge >= 0.3 is 0 Å². The van der Waals surface area contributed by atoms with Gasteiger partial charge in [-0.1, -0.05) is 24.3 Å². The molecule has 2 N–H and O–H groups in total. The first kappa shape index (κ1) is 17.8. The van der Waals surface area contributed by atoms with Crippen molar-refractivity contribution in [1.82, 2.24) is 4.98 Å². The summed E-state index contributed by atoms with van der Waals surface area (Å²) < 4.78 is 11.2. The van der Waals surface area contributed by atoms with E-state index in [-0.39, 0.29) is 24.8 Å². The number of nitrogens with zero attached hydrogens (tertiary/aromatic N) is 1. The lowest BCUT2D eigenvalue weighted by Gasteiger charge is -2.20. The van der Waals surface area contributed by atoms with Crippen molar-refractivity contribution < 1.29 is 18.7 Å². The smallest absolute Gasteiger partial charge is 0.262 e. The van der Waals surface area contributed by atoms with E-state index in [1.54, 1.807) is 25.1 Å². The number of amides is 2. The molecule has 0 atom stereocenters. The number of oxazole rings is 1. The Kier molecular flexibility index (Phi) is 4.57. The molecule has 142 valence electrons. The quantitative estimate of drug-likeness (QED) is 0.726. The Morgan fingerprint density at radius 3 is 2.82 bits per heavy atom. The number of carbonyl (C=O) groups excluding carboxylic acids is 2. The van der Waals surface area contributed by atoms with Gasteiger partial charge in [0.25, 0.3) is 5.91 Å². The summed E-state index contributed by atoms with van der Waals surface area (Å²) in [5.74, 6) is 1.08. The minimum absolute atomic E-state index is 0.0667. The molecule has 0 fully saturated rings. The first-order chi connectivity index (χ1) is 13.5. The molecule has 2 heterocycles. The summed E-state index contributed by atoms with van der Waals surface area (Å²) in [4.78, 5) is 28.5. The summed E-state index contributed by atoms with van der Waals surface area (Å²) in [5, 5.41) is 5.54. The second kappa shape index (κ2) is 7.19. The van der Waals surface area contributed by atoms with Gasteiger partial charge in [-0.15, -0.1) is 0 Å². The van der Waals surface area contributed by atoms with Gasteiger partial charge in [0, 0.05) is 5.56 Å². The predicted octanol–water partition coefficient (Wildman–Crippen LogP) is 3.47. The maximum absolute atomic E-state index is 12.6. The first-order valence-corrected chi connectivity index (χ1v) is 8.89. The minimum Gasteiger partial charge on any atom is -0.479 e. The first-order valence-electron chi connectivity index (χ1n) is 8.89. The van der Waals surface area contributed by atoms with Gasteiger partial charge in [0.2, 0.25) is 11.8 Å².